The maximum absolute atomic E-state index is 14.0. The van der Waals surface area contributed by atoms with Gasteiger partial charge in [-0.2, -0.15) is 0 Å². The Balaban J connectivity index is 0.828. The van der Waals surface area contributed by atoms with Gasteiger partial charge < -0.3 is 33.7 Å². The number of hydrogen-bond acceptors (Lipinski definition) is 11. The number of esters is 3. The molecule has 0 saturated carbocycles. The normalized spacial score (nSPS) is 13.3. The van der Waals surface area contributed by atoms with Crippen LogP contribution in [0, 0.1) is 6.92 Å². The molecule has 13 heteroatoms. The molecule has 5 aromatic rings. The zero-order chi connectivity index (χ0) is 52.1. The van der Waals surface area contributed by atoms with Crippen molar-refractivity contribution in [3.8, 4) is 11.1 Å². The number of carbonyl (C=O) groups excluding carboxylic acids is 5. The van der Waals surface area contributed by atoms with Gasteiger partial charge in [0.2, 0.25) is 5.91 Å². The third-order valence-electron chi connectivity index (χ3n) is 12.5. The van der Waals surface area contributed by atoms with Gasteiger partial charge in [-0.05, 0) is 88.1 Å². The van der Waals surface area contributed by atoms with Crippen LogP contribution in [0.2, 0.25) is 5.02 Å². The van der Waals surface area contributed by atoms with E-state index in [9.17, 15) is 24.0 Å². The summed E-state index contributed by atoms with van der Waals surface area (Å²) in [5.74, 6) is -2.06. The van der Waals surface area contributed by atoms with E-state index in [2.05, 4.69) is 29.6 Å². The maximum Gasteiger partial charge on any atom is 0.329 e. The smallest absolute Gasteiger partial charge is 0.329 e. The molecular weight excluding hydrogens is 946 g/mol. The molecule has 1 aliphatic rings. The molecular formula is C60H70ClNO11. The van der Waals surface area contributed by atoms with E-state index in [4.69, 9.17) is 40.0 Å². The lowest BCUT2D eigenvalue weighted by Crippen LogP contribution is -2.44. The van der Waals surface area contributed by atoms with Crippen molar-refractivity contribution in [2.45, 2.75) is 115 Å². The van der Waals surface area contributed by atoms with E-state index >= 15 is 0 Å². The van der Waals surface area contributed by atoms with E-state index in [1.807, 2.05) is 97.9 Å². The van der Waals surface area contributed by atoms with Gasteiger partial charge in [0.25, 0.3) is 0 Å². The van der Waals surface area contributed by atoms with Gasteiger partial charge in [0.05, 0.1) is 26.4 Å². The number of benzene rings is 5. The number of amides is 1. The van der Waals surface area contributed by atoms with Crippen molar-refractivity contribution >= 4 is 41.2 Å². The lowest BCUT2D eigenvalue weighted by Gasteiger charge is -2.36. The number of carbonyl (C=O) groups is 5. The van der Waals surface area contributed by atoms with Crippen LogP contribution < -0.4 is 5.32 Å². The van der Waals surface area contributed by atoms with Crippen LogP contribution in [0.5, 0.6) is 0 Å². The lowest BCUT2D eigenvalue weighted by atomic mass is 9.79. The molecule has 2 atom stereocenters. The predicted octanol–water partition coefficient (Wildman–Crippen LogP) is 11.2. The highest BCUT2D eigenvalue weighted by atomic mass is 35.5. The van der Waals surface area contributed by atoms with Gasteiger partial charge in [-0.3, -0.25) is 19.2 Å². The highest BCUT2D eigenvalue weighted by Gasteiger charge is 2.42. The fraction of sp³-hybridized carbons (Fsp3) is 0.417. The average molecular weight is 1020 g/mol. The van der Waals surface area contributed by atoms with Crippen molar-refractivity contribution in [2.75, 3.05) is 46.2 Å². The summed E-state index contributed by atoms with van der Waals surface area (Å²) in [6.45, 7) is 10.1. The number of ether oxygens (including phenoxy) is 6. The first-order valence-electron chi connectivity index (χ1n) is 25.5. The number of rotatable bonds is 30. The first-order chi connectivity index (χ1) is 35.2. The van der Waals surface area contributed by atoms with Crippen LogP contribution in [0.15, 0.2) is 127 Å². The molecule has 12 nitrogen and oxygen atoms in total. The minimum Gasteiger partial charge on any atom is -0.465 e. The predicted molar refractivity (Wildman–Crippen MR) is 281 cm³/mol. The Hall–Kier alpha value is -6.18. The van der Waals surface area contributed by atoms with Crippen LogP contribution in [0.1, 0.15) is 124 Å². The fourth-order valence-corrected chi connectivity index (χ4v) is 9.11. The summed E-state index contributed by atoms with van der Waals surface area (Å²) < 4.78 is 34.8. The second-order valence-corrected chi connectivity index (χ2v) is 19.7. The monoisotopic (exact) mass is 1020 g/mol. The van der Waals surface area contributed by atoms with Crippen LogP contribution in [-0.2, 0) is 58.0 Å². The topological polar surface area (TPSA) is 153 Å². The number of ketones is 1. The molecule has 0 heterocycles. The summed E-state index contributed by atoms with van der Waals surface area (Å²) in [5, 5.41) is 3.11. The minimum absolute atomic E-state index is 0.00175. The number of hydrogen-bond donors (Lipinski definition) is 1. The van der Waals surface area contributed by atoms with E-state index in [1.165, 1.54) is 22.3 Å². The molecule has 1 aliphatic carbocycles. The molecule has 0 spiro atoms. The van der Waals surface area contributed by atoms with Gasteiger partial charge in [0.1, 0.15) is 24.0 Å². The van der Waals surface area contributed by atoms with E-state index in [1.54, 1.807) is 32.9 Å². The van der Waals surface area contributed by atoms with Gasteiger partial charge in [-0.1, -0.05) is 138 Å². The second kappa shape index (κ2) is 28.3. The molecule has 1 N–H and O–H groups in total. The molecule has 0 saturated heterocycles. The van der Waals surface area contributed by atoms with Crippen LogP contribution >= 0.6 is 11.6 Å². The summed E-state index contributed by atoms with van der Waals surface area (Å²) in [7, 11) is 0. The number of unbranched alkanes of at least 4 members (excludes halogenated alkanes) is 2. The summed E-state index contributed by atoms with van der Waals surface area (Å²) >= 11 is 6.83. The maximum atomic E-state index is 14.0. The number of nitrogens with one attached hydrogen (secondary N) is 1. The van der Waals surface area contributed by atoms with E-state index < -0.39 is 35.1 Å². The number of fused-ring (bicyclic) bond motifs is 3. The molecule has 0 radical (unpaired) electrons. The van der Waals surface area contributed by atoms with Crippen LogP contribution in [0.4, 0.5) is 0 Å². The molecule has 388 valence electrons. The Labute approximate surface area is 435 Å². The standard InChI is InChI=1S/C60H70ClNO11/c1-43-28-30-45(31-29-43)60(44-18-6-5-7-19-44,52-25-12-13-26-53(52)61)72-57(66)35-33-54(58(67)73-59(2,3)4)62-55(64)34-32-46(63)20-14-16-36-68-38-40-70-41-39-69-37-17-15-27-56(65)71-42-51-49-23-10-8-21-47(49)48-22-9-11-24-50(48)51/h5-13,18-19,21-26,28-31,51,54H,14-17,20,27,32-42H2,1-4H3,(H,62,64). The lowest BCUT2D eigenvalue weighted by molar-refractivity contribution is -0.160. The van der Waals surface area contributed by atoms with Gasteiger partial charge in [-0.25, -0.2) is 4.79 Å². The average Bonchev–Trinajstić information content (AvgIpc) is 3.70. The van der Waals surface area contributed by atoms with E-state index in [0.717, 1.165) is 12.0 Å². The number of halogens is 1. The largest absolute Gasteiger partial charge is 0.465 e. The zero-order valence-corrected chi connectivity index (χ0v) is 43.4. The van der Waals surface area contributed by atoms with Crippen molar-refractivity contribution < 1.29 is 52.4 Å². The van der Waals surface area contributed by atoms with Crippen molar-refractivity contribution in [3.05, 3.63) is 166 Å². The van der Waals surface area contributed by atoms with Gasteiger partial charge in [0, 0.05) is 72.9 Å². The summed E-state index contributed by atoms with van der Waals surface area (Å²) in [4.78, 5) is 65.9. The highest BCUT2D eigenvalue weighted by molar-refractivity contribution is 6.31. The third kappa shape index (κ3) is 16.9. The van der Waals surface area contributed by atoms with Crippen LogP contribution in [0.25, 0.3) is 11.1 Å². The molecule has 1 amide bonds. The Morgan fingerprint density at radius 3 is 1.73 bits per heavy atom. The molecule has 5 aromatic carbocycles. The van der Waals surface area contributed by atoms with Crippen molar-refractivity contribution in [1.82, 2.24) is 5.32 Å². The first-order valence-corrected chi connectivity index (χ1v) is 25.8. The molecule has 0 fully saturated rings. The Morgan fingerprint density at radius 1 is 0.562 bits per heavy atom. The molecule has 0 bridgehead atoms. The molecule has 0 aliphatic heterocycles. The van der Waals surface area contributed by atoms with Crippen molar-refractivity contribution in [3.63, 3.8) is 0 Å². The van der Waals surface area contributed by atoms with Gasteiger partial charge in [-0.15, -0.1) is 0 Å². The zero-order valence-electron chi connectivity index (χ0n) is 42.7. The summed E-state index contributed by atoms with van der Waals surface area (Å²) in [5.41, 5.74) is 5.45. The quantitative estimate of drug-likeness (QED) is 0.0202. The third-order valence-corrected chi connectivity index (χ3v) is 12.8. The van der Waals surface area contributed by atoms with Crippen LogP contribution in [-0.4, -0.2) is 87.5 Å². The summed E-state index contributed by atoms with van der Waals surface area (Å²) in [6, 6.07) is 39.6. The van der Waals surface area contributed by atoms with E-state index in [0.29, 0.717) is 93.6 Å². The van der Waals surface area contributed by atoms with Gasteiger partial charge >= 0.3 is 17.9 Å². The summed E-state index contributed by atoms with van der Waals surface area (Å²) in [6.07, 6.45) is 2.85. The number of aryl methyl sites for hydroxylation is 1. The van der Waals surface area contributed by atoms with Crippen molar-refractivity contribution in [1.29, 1.82) is 0 Å². The SMILES string of the molecule is Cc1ccc(C(OC(=O)CCC(NC(=O)CCC(=O)CCCCOCCOCCOCCCCC(=O)OCC2c3ccccc3-c3ccccc32)C(=O)OC(C)(C)C)(c2ccccc2)c2ccccc2Cl)cc1. The second-order valence-electron chi connectivity index (χ2n) is 19.3. The minimum atomic E-state index is -1.44. The Bertz CT molecular complexity index is 2530. The first kappa shape index (κ1) is 56.1. The van der Waals surface area contributed by atoms with Crippen molar-refractivity contribution in [2.24, 2.45) is 0 Å². The number of Topliss-reactive ketones (excluding diaryl/α,β-unsaturated/α-hetero) is 1. The van der Waals surface area contributed by atoms with E-state index in [-0.39, 0.29) is 49.8 Å². The molecule has 73 heavy (non-hydrogen) atoms. The fourth-order valence-electron chi connectivity index (χ4n) is 8.84. The van der Waals surface area contributed by atoms with Crippen LogP contribution in [0.3, 0.4) is 0 Å². The highest BCUT2D eigenvalue weighted by Crippen LogP contribution is 2.45. The molecule has 2 unspecified atom stereocenters. The Morgan fingerprint density at radius 2 is 1.11 bits per heavy atom. The van der Waals surface area contributed by atoms with Gasteiger partial charge in [0.15, 0.2) is 5.60 Å². The Kier molecular flexibility index (Phi) is 21.8. The molecule has 0 aromatic heterocycles. The molecule has 6 rings (SSSR count).